The predicted octanol–water partition coefficient (Wildman–Crippen LogP) is 3.41. The summed E-state index contributed by atoms with van der Waals surface area (Å²) in [6.07, 6.45) is 0.613. The molecule has 7 nitrogen and oxygen atoms in total. The van der Waals surface area contributed by atoms with Crippen LogP contribution in [0.25, 0.3) is 5.69 Å². The van der Waals surface area contributed by atoms with Crippen LogP contribution in [0.15, 0.2) is 59.5 Å². The molecule has 0 aliphatic heterocycles. The van der Waals surface area contributed by atoms with Crippen LogP contribution in [0, 0.1) is 25.6 Å². The average Bonchev–Trinajstić information content (AvgIpc) is 3.51. The van der Waals surface area contributed by atoms with Gasteiger partial charge in [0.05, 0.1) is 10.8 Å². The van der Waals surface area contributed by atoms with Gasteiger partial charge in [-0.15, -0.1) is 0 Å². The van der Waals surface area contributed by atoms with E-state index in [2.05, 4.69) is 0 Å². The number of halogens is 1. The second kappa shape index (κ2) is 8.57. The molecule has 1 aromatic heterocycles. The normalized spacial score (nSPS) is 17.6. The van der Waals surface area contributed by atoms with Gasteiger partial charge in [0.2, 0.25) is 15.8 Å². The van der Waals surface area contributed by atoms with Gasteiger partial charge in [-0.25, -0.2) is 17.9 Å². The van der Waals surface area contributed by atoms with Gasteiger partial charge < -0.3 is 9.30 Å². The molecule has 4 rings (SSSR count). The average molecular weight is 471 g/mol. The topological polar surface area (TPSA) is 108 Å². The monoisotopic (exact) mass is 470 g/mol. The summed E-state index contributed by atoms with van der Waals surface area (Å²) < 4.78 is 43.1. The van der Waals surface area contributed by atoms with Crippen LogP contribution in [-0.4, -0.2) is 31.3 Å². The lowest BCUT2D eigenvalue weighted by molar-refractivity contribution is -0.144. The van der Waals surface area contributed by atoms with E-state index in [1.807, 2.05) is 11.5 Å². The number of carbonyl (C=O) groups excluding carboxylic acids is 2. The quantitative estimate of drug-likeness (QED) is 0.421. The van der Waals surface area contributed by atoms with Crippen molar-refractivity contribution in [3.05, 3.63) is 82.9 Å². The van der Waals surface area contributed by atoms with Crippen molar-refractivity contribution in [3.8, 4) is 5.69 Å². The summed E-state index contributed by atoms with van der Waals surface area (Å²) in [4.78, 5) is 25.1. The fourth-order valence-corrected chi connectivity index (χ4v) is 4.60. The molecule has 0 saturated heterocycles. The maximum Gasteiger partial charge on any atom is 0.310 e. The molecule has 2 aromatic carbocycles. The van der Waals surface area contributed by atoms with E-state index in [0.717, 1.165) is 11.3 Å². The first kappa shape index (κ1) is 22.9. The zero-order chi connectivity index (χ0) is 23.9. The first-order valence-electron chi connectivity index (χ1n) is 10.3. The number of esters is 1. The van der Waals surface area contributed by atoms with Crippen molar-refractivity contribution in [1.29, 1.82) is 0 Å². The summed E-state index contributed by atoms with van der Waals surface area (Å²) in [5.74, 6) is -1.44. The number of ketones is 1. The molecule has 1 heterocycles. The van der Waals surface area contributed by atoms with Crippen LogP contribution in [0.3, 0.4) is 0 Å². The van der Waals surface area contributed by atoms with Crippen LogP contribution in [0.4, 0.5) is 4.39 Å². The van der Waals surface area contributed by atoms with Crippen molar-refractivity contribution < 1.29 is 27.1 Å². The third-order valence-corrected chi connectivity index (χ3v) is 6.82. The molecule has 0 radical (unpaired) electrons. The molecule has 1 aliphatic carbocycles. The maximum absolute atomic E-state index is 13.1. The highest BCUT2D eigenvalue weighted by molar-refractivity contribution is 7.89. The van der Waals surface area contributed by atoms with Crippen molar-refractivity contribution in [1.82, 2.24) is 4.57 Å². The Hall–Kier alpha value is -3.30. The number of nitrogens with zero attached hydrogens (tertiary/aromatic N) is 1. The van der Waals surface area contributed by atoms with Crippen molar-refractivity contribution in [3.63, 3.8) is 0 Å². The number of benzene rings is 2. The fraction of sp³-hybridized carbons (Fsp3) is 0.250. The van der Waals surface area contributed by atoms with Gasteiger partial charge in [-0.1, -0.05) is 12.1 Å². The molecule has 0 bridgehead atoms. The Balaban J connectivity index is 1.42. The molecule has 1 aliphatic rings. The number of nitrogens with two attached hydrogens (primary N) is 1. The number of sulfonamides is 1. The lowest BCUT2D eigenvalue weighted by atomic mass is 10.1. The zero-order valence-electron chi connectivity index (χ0n) is 18.1. The third kappa shape index (κ3) is 4.74. The molecule has 2 atom stereocenters. The number of primary sulfonamides is 1. The maximum atomic E-state index is 13.1. The van der Waals surface area contributed by atoms with Crippen LogP contribution in [-0.2, 0) is 19.6 Å². The van der Waals surface area contributed by atoms with Crippen LogP contribution in [0.5, 0.6) is 0 Å². The van der Waals surface area contributed by atoms with E-state index in [9.17, 15) is 22.4 Å². The van der Waals surface area contributed by atoms with Gasteiger partial charge in [-0.2, -0.15) is 0 Å². The summed E-state index contributed by atoms with van der Waals surface area (Å²) in [5, 5.41) is 5.14. The number of hydrogen-bond donors (Lipinski definition) is 1. The van der Waals surface area contributed by atoms with Gasteiger partial charge in [-0.3, -0.25) is 9.59 Å². The Kier molecular flexibility index (Phi) is 5.94. The smallest absolute Gasteiger partial charge is 0.310 e. The van der Waals surface area contributed by atoms with Gasteiger partial charge in [0.25, 0.3) is 0 Å². The number of rotatable bonds is 7. The minimum atomic E-state index is -3.80. The van der Waals surface area contributed by atoms with Crippen LogP contribution >= 0.6 is 0 Å². The summed E-state index contributed by atoms with van der Waals surface area (Å²) in [6.45, 7) is 3.21. The lowest BCUT2D eigenvalue weighted by Gasteiger charge is -2.10. The second-order valence-corrected chi connectivity index (χ2v) is 9.75. The van der Waals surface area contributed by atoms with E-state index >= 15 is 0 Å². The molecule has 0 unspecified atom stereocenters. The highest BCUT2D eigenvalue weighted by Crippen LogP contribution is 2.48. The fourth-order valence-electron chi connectivity index (χ4n) is 4.08. The number of aryl methyl sites for hydroxylation is 1. The molecule has 33 heavy (non-hydrogen) atoms. The predicted molar refractivity (Wildman–Crippen MR) is 119 cm³/mol. The van der Waals surface area contributed by atoms with Crippen LogP contribution in [0.2, 0.25) is 0 Å². The molecule has 1 fully saturated rings. The molecule has 9 heteroatoms. The number of ether oxygens (including phenoxy) is 1. The Morgan fingerprint density at radius 1 is 1.09 bits per heavy atom. The van der Waals surface area contributed by atoms with Crippen molar-refractivity contribution >= 4 is 21.8 Å². The van der Waals surface area contributed by atoms with E-state index < -0.39 is 16.0 Å². The third-order valence-electron chi connectivity index (χ3n) is 5.89. The first-order valence-corrected chi connectivity index (χ1v) is 11.9. The van der Waals surface area contributed by atoms with Gasteiger partial charge in [0.1, 0.15) is 5.82 Å². The Morgan fingerprint density at radius 3 is 2.33 bits per heavy atom. The van der Waals surface area contributed by atoms with Crippen LogP contribution < -0.4 is 5.14 Å². The minimum Gasteiger partial charge on any atom is -0.457 e. The van der Waals surface area contributed by atoms with Gasteiger partial charge in [0, 0.05) is 22.6 Å². The molecule has 0 spiro atoms. The second-order valence-electron chi connectivity index (χ2n) is 8.19. The number of aromatic nitrogens is 1. The standard InChI is InChI=1S/C24H23FN2O5S/c1-14-11-20(15(2)27(14)18-7-9-19(10-8-18)33(26,30)31)23(28)13-32-24(29)22-12-21(22)16-3-5-17(25)6-4-16/h3-11,21-22H,12-13H2,1-2H3,(H2,26,30,31)/t21-,22-/m0/s1. The molecule has 2 N–H and O–H groups in total. The lowest BCUT2D eigenvalue weighted by Crippen LogP contribution is -2.16. The Morgan fingerprint density at radius 2 is 1.73 bits per heavy atom. The Bertz CT molecular complexity index is 1330. The minimum absolute atomic E-state index is 0.00376. The highest BCUT2D eigenvalue weighted by atomic mass is 32.2. The molecular weight excluding hydrogens is 447 g/mol. The van der Waals surface area contributed by atoms with E-state index in [4.69, 9.17) is 9.88 Å². The SMILES string of the molecule is Cc1cc(C(=O)COC(=O)[C@H]2C[C@H]2c2ccc(F)cc2)c(C)n1-c1ccc(S(N)(=O)=O)cc1. The summed E-state index contributed by atoms with van der Waals surface area (Å²) in [6, 6.07) is 13.8. The summed E-state index contributed by atoms with van der Waals surface area (Å²) >= 11 is 0. The van der Waals surface area contributed by atoms with E-state index in [-0.39, 0.29) is 34.9 Å². The van der Waals surface area contributed by atoms with Gasteiger partial charge in [0.15, 0.2) is 6.61 Å². The Labute approximate surface area is 191 Å². The van der Waals surface area contributed by atoms with E-state index in [1.54, 1.807) is 37.3 Å². The summed E-state index contributed by atoms with van der Waals surface area (Å²) in [7, 11) is -3.80. The molecule has 1 saturated carbocycles. The van der Waals surface area contributed by atoms with Gasteiger partial charge >= 0.3 is 5.97 Å². The number of hydrogen-bond acceptors (Lipinski definition) is 5. The number of Topliss-reactive ketones (excluding diaryl/α,β-unsaturated/α-hetero) is 1. The van der Waals surface area contributed by atoms with E-state index in [1.165, 1.54) is 24.3 Å². The molecule has 0 amide bonds. The molecular formula is C24H23FN2O5S. The molecule has 3 aromatic rings. The molecule has 172 valence electrons. The highest BCUT2D eigenvalue weighted by Gasteiger charge is 2.45. The van der Waals surface area contributed by atoms with Crippen molar-refractivity contribution in [2.75, 3.05) is 6.61 Å². The van der Waals surface area contributed by atoms with E-state index in [0.29, 0.717) is 23.4 Å². The summed E-state index contributed by atoms with van der Waals surface area (Å²) in [5.41, 5.74) is 3.38. The van der Waals surface area contributed by atoms with Crippen molar-refractivity contribution in [2.24, 2.45) is 11.1 Å². The van der Waals surface area contributed by atoms with Crippen LogP contribution in [0.1, 0.15) is 39.6 Å². The largest absolute Gasteiger partial charge is 0.457 e. The van der Waals surface area contributed by atoms with Gasteiger partial charge in [-0.05, 0) is 74.2 Å². The van der Waals surface area contributed by atoms with Crippen molar-refractivity contribution in [2.45, 2.75) is 31.1 Å². The zero-order valence-corrected chi connectivity index (χ0v) is 18.9. The first-order chi connectivity index (χ1) is 15.6. The number of carbonyl (C=O) groups is 2.